The van der Waals surface area contributed by atoms with Crippen LogP contribution >= 0.6 is 0 Å². The second kappa shape index (κ2) is 6.25. The van der Waals surface area contributed by atoms with E-state index in [4.69, 9.17) is 0 Å². The lowest BCUT2D eigenvalue weighted by molar-refractivity contribution is -0.179. The zero-order valence-corrected chi connectivity index (χ0v) is 12.8. The first-order chi connectivity index (χ1) is 9.84. The Balaban J connectivity index is 2.13. The van der Waals surface area contributed by atoms with Crippen molar-refractivity contribution in [1.82, 2.24) is 15.1 Å². The van der Waals surface area contributed by atoms with Gasteiger partial charge in [-0.15, -0.1) is 0 Å². The summed E-state index contributed by atoms with van der Waals surface area (Å²) in [5.74, 6) is -0.214. The molecule has 2 heterocycles. The molecule has 1 aromatic heterocycles. The molecule has 0 bridgehead atoms. The van der Waals surface area contributed by atoms with Crippen molar-refractivity contribution < 1.29 is 13.2 Å². The van der Waals surface area contributed by atoms with Gasteiger partial charge in [0, 0.05) is 32.2 Å². The number of aryl methyl sites for hydroxylation is 2. The van der Waals surface area contributed by atoms with Gasteiger partial charge in [-0.3, -0.25) is 4.68 Å². The third kappa shape index (κ3) is 3.51. The van der Waals surface area contributed by atoms with Crippen LogP contribution in [-0.2, 0) is 13.6 Å². The predicted octanol–water partition coefficient (Wildman–Crippen LogP) is 2.62. The van der Waals surface area contributed by atoms with Crippen LogP contribution in [0.15, 0.2) is 0 Å². The molecule has 7 heteroatoms. The Morgan fingerprint density at radius 2 is 1.90 bits per heavy atom. The molecule has 1 N–H and O–H groups in total. The minimum Gasteiger partial charge on any atom is -0.357 e. The van der Waals surface area contributed by atoms with Gasteiger partial charge in [-0.05, 0) is 26.3 Å². The molecule has 0 spiro atoms. The van der Waals surface area contributed by atoms with Crippen molar-refractivity contribution in [2.45, 2.75) is 39.4 Å². The van der Waals surface area contributed by atoms with Crippen LogP contribution in [0.5, 0.6) is 0 Å². The lowest BCUT2D eigenvalue weighted by atomic mass is 9.96. The molecule has 0 saturated carbocycles. The molecule has 0 unspecified atom stereocenters. The number of halogens is 3. The number of hydrogen-bond donors (Lipinski definition) is 1. The van der Waals surface area contributed by atoms with E-state index in [1.54, 1.807) is 4.68 Å². The first-order valence-electron chi connectivity index (χ1n) is 7.39. The summed E-state index contributed by atoms with van der Waals surface area (Å²) < 4.78 is 40.0. The van der Waals surface area contributed by atoms with Gasteiger partial charge >= 0.3 is 6.18 Å². The lowest BCUT2D eigenvalue weighted by Crippen LogP contribution is -2.40. The van der Waals surface area contributed by atoms with E-state index in [0.717, 1.165) is 23.6 Å². The molecular formula is C14H23F3N4. The summed E-state index contributed by atoms with van der Waals surface area (Å²) in [6, 6.07) is 0. The van der Waals surface area contributed by atoms with Gasteiger partial charge in [0.15, 0.2) is 0 Å². The van der Waals surface area contributed by atoms with Gasteiger partial charge in [0.2, 0.25) is 0 Å². The third-order valence-corrected chi connectivity index (χ3v) is 4.12. The summed E-state index contributed by atoms with van der Waals surface area (Å²) in [6.07, 6.45) is -3.75. The molecule has 120 valence electrons. The standard InChI is InChI=1S/C14H23F3N4/c1-4-18-9-12-10(2)19-20(3)13(12)21-7-5-11(6-8-21)14(15,16)17/h11,18H,4-9H2,1-3H3. The Labute approximate surface area is 123 Å². The highest BCUT2D eigenvalue weighted by molar-refractivity contribution is 5.50. The summed E-state index contributed by atoms with van der Waals surface area (Å²) in [5, 5.41) is 7.69. The highest BCUT2D eigenvalue weighted by Gasteiger charge is 2.41. The Kier molecular flexibility index (Phi) is 4.81. The van der Waals surface area contributed by atoms with Crippen molar-refractivity contribution in [3.63, 3.8) is 0 Å². The molecule has 1 aliphatic rings. The van der Waals surface area contributed by atoms with E-state index in [2.05, 4.69) is 10.4 Å². The van der Waals surface area contributed by atoms with Crippen LogP contribution in [0.3, 0.4) is 0 Å². The monoisotopic (exact) mass is 304 g/mol. The second-order valence-corrected chi connectivity index (χ2v) is 5.59. The summed E-state index contributed by atoms with van der Waals surface area (Å²) in [7, 11) is 1.85. The van der Waals surface area contributed by atoms with E-state index in [1.807, 2.05) is 25.8 Å². The average Bonchev–Trinajstić information content (AvgIpc) is 2.70. The highest BCUT2D eigenvalue weighted by atomic mass is 19.4. The third-order valence-electron chi connectivity index (χ3n) is 4.12. The number of alkyl halides is 3. The van der Waals surface area contributed by atoms with Crippen LogP contribution in [0.1, 0.15) is 31.0 Å². The van der Waals surface area contributed by atoms with E-state index in [0.29, 0.717) is 19.6 Å². The molecule has 2 rings (SSSR count). The molecular weight excluding hydrogens is 281 g/mol. The number of piperidine rings is 1. The molecule has 1 saturated heterocycles. The minimum atomic E-state index is -4.07. The van der Waals surface area contributed by atoms with Gasteiger partial charge in [0.1, 0.15) is 5.82 Å². The van der Waals surface area contributed by atoms with Crippen LogP contribution in [0.4, 0.5) is 19.0 Å². The molecule has 0 aliphatic carbocycles. The van der Waals surface area contributed by atoms with Crippen molar-refractivity contribution in [2.75, 3.05) is 24.5 Å². The Bertz CT molecular complexity index is 473. The van der Waals surface area contributed by atoms with Gasteiger partial charge in [0.05, 0.1) is 11.6 Å². The maximum atomic E-state index is 12.8. The van der Waals surface area contributed by atoms with Crippen molar-refractivity contribution in [3.05, 3.63) is 11.3 Å². The van der Waals surface area contributed by atoms with Crippen LogP contribution in [0, 0.1) is 12.8 Å². The number of rotatable bonds is 4. The average molecular weight is 304 g/mol. The van der Waals surface area contributed by atoms with E-state index >= 15 is 0 Å². The lowest BCUT2D eigenvalue weighted by Gasteiger charge is -2.34. The van der Waals surface area contributed by atoms with Crippen molar-refractivity contribution >= 4 is 5.82 Å². The van der Waals surface area contributed by atoms with Crippen LogP contribution in [-0.4, -0.2) is 35.6 Å². The van der Waals surface area contributed by atoms with Gasteiger partial charge in [-0.2, -0.15) is 18.3 Å². The fourth-order valence-corrected chi connectivity index (χ4v) is 2.96. The van der Waals surface area contributed by atoms with Crippen molar-refractivity contribution in [3.8, 4) is 0 Å². The number of hydrogen-bond acceptors (Lipinski definition) is 3. The summed E-state index contributed by atoms with van der Waals surface area (Å²) in [5.41, 5.74) is 2.02. The first-order valence-corrected chi connectivity index (χ1v) is 7.39. The number of nitrogens with zero attached hydrogens (tertiary/aromatic N) is 3. The number of anilines is 1. The molecule has 1 fully saturated rings. The number of nitrogens with one attached hydrogen (secondary N) is 1. The van der Waals surface area contributed by atoms with Crippen molar-refractivity contribution in [2.24, 2.45) is 13.0 Å². The first kappa shape index (κ1) is 16.1. The smallest absolute Gasteiger partial charge is 0.357 e. The summed E-state index contributed by atoms with van der Waals surface area (Å²) in [4.78, 5) is 2.04. The number of aromatic nitrogens is 2. The fourth-order valence-electron chi connectivity index (χ4n) is 2.96. The topological polar surface area (TPSA) is 33.1 Å². The van der Waals surface area contributed by atoms with Crippen LogP contribution < -0.4 is 10.2 Å². The molecule has 0 atom stereocenters. The SMILES string of the molecule is CCNCc1c(C)nn(C)c1N1CCC(C(F)(F)F)CC1. The molecule has 21 heavy (non-hydrogen) atoms. The van der Waals surface area contributed by atoms with Gasteiger partial charge in [0.25, 0.3) is 0 Å². The predicted molar refractivity (Wildman–Crippen MR) is 76.3 cm³/mol. The van der Waals surface area contributed by atoms with Crippen LogP contribution in [0.25, 0.3) is 0 Å². The quantitative estimate of drug-likeness (QED) is 0.928. The van der Waals surface area contributed by atoms with E-state index in [1.165, 1.54) is 0 Å². The maximum Gasteiger partial charge on any atom is 0.391 e. The molecule has 0 amide bonds. The zero-order chi connectivity index (χ0) is 15.6. The van der Waals surface area contributed by atoms with Crippen molar-refractivity contribution in [1.29, 1.82) is 0 Å². The zero-order valence-electron chi connectivity index (χ0n) is 12.8. The second-order valence-electron chi connectivity index (χ2n) is 5.59. The molecule has 1 aromatic rings. The van der Waals surface area contributed by atoms with Gasteiger partial charge in [-0.25, -0.2) is 0 Å². The molecule has 1 aliphatic heterocycles. The largest absolute Gasteiger partial charge is 0.391 e. The normalized spacial score (nSPS) is 17.5. The highest BCUT2D eigenvalue weighted by Crippen LogP contribution is 2.36. The Morgan fingerprint density at radius 3 is 2.43 bits per heavy atom. The molecule has 0 radical (unpaired) electrons. The van der Waals surface area contributed by atoms with Gasteiger partial charge in [-0.1, -0.05) is 6.92 Å². The summed E-state index contributed by atoms with van der Waals surface area (Å²) in [6.45, 7) is 6.39. The maximum absolute atomic E-state index is 12.8. The van der Waals surface area contributed by atoms with E-state index in [-0.39, 0.29) is 12.8 Å². The van der Waals surface area contributed by atoms with E-state index < -0.39 is 12.1 Å². The Hall–Kier alpha value is -1.24. The fraction of sp³-hybridized carbons (Fsp3) is 0.786. The minimum absolute atomic E-state index is 0.161. The summed E-state index contributed by atoms with van der Waals surface area (Å²) >= 11 is 0. The molecule has 4 nitrogen and oxygen atoms in total. The Morgan fingerprint density at radius 1 is 1.29 bits per heavy atom. The van der Waals surface area contributed by atoms with Crippen LogP contribution in [0.2, 0.25) is 0 Å². The van der Waals surface area contributed by atoms with E-state index in [9.17, 15) is 13.2 Å². The van der Waals surface area contributed by atoms with Gasteiger partial charge < -0.3 is 10.2 Å². The molecule has 0 aromatic carbocycles.